The van der Waals surface area contributed by atoms with Crippen molar-refractivity contribution < 1.29 is 14.6 Å². The molecule has 0 radical (unpaired) electrons. The predicted octanol–water partition coefficient (Wildman–Crippen LogP) is 3.61. The topological polar surface area (TPSA) is 84.7 Å². The number of esters is 1. The molecule has 0 amide bonds. The van der Waals surface area contributed by atoms with Crippen molar-refractivity contribution in [3.63, 3.8) is 0 Å². The number of thiol groups is 1. The molecule has 8 heteroatoms. The van der Waals surface area contributed by atoms with Gasteiger partial charge in [0.2, 0.25) is 0 Å². The van der Waals surface area contributed by atoms with E-state index >= 15 is 0 Å². The molecule has 2 aliphatic heterocycles. The van der Waals surface area contributed by atoms with Gasteiger partial charge in [0.15, 0.2) is 5.60 Å². The lowest BCUT2D eigenvalue weighted by Crippen LogP contribution is -2.44. The summed E-state index contributed by atoms with van der Waals surface area (Å²) in [6, 6.07) is 10.2. The molecule has 1 N–H and O–H groups in total. The Hall–Kier alpha value is -2.68. The molecule has 7 nitrogen and oxygen atoms in total. The van der Waals surface area contributed by atoms with Crippen molar-refractivity contribution in [3.05, 3.63) is 62.9 Å². The Bertz CT molecular complexity index is 1390. The minimum Gasteiger partial charge on any atom is -0.458 e. The molecular weight excluding hydrogens is 462 g/mol. The Morgan fingerprint density at radius 2 is 1.97 bits per heavy atom. The van der Waals surface area contributed by atoms with Crippen LogP contribution in [0.25, 0.3) is 22.3 Å². The monoisotopic (exact) mass is 493 g/mol. The molecule has 2 aliphatic rings. The maximum absolute atomic E-state index is 13.5. The fourth-order valence-electron chi connectivity index (χ4n) is 5.52. The highest BCUT2D eigenvalue weighted by molar-refractivity contribution is 7.80. The fourth-order valence-corrected chi connectivity index (χ4v) is 5.90. The van der Waals surface area contributed by atoms with Crippen molar-refractivity contribution in [2.45, 2.75) is 70.7 Å². The zero-order valence-corrected chi connectivity index (χ0v) is 21.4. The lowest BCUT2D eigenvalue weighted by atomic mass is 9.86. The highest BCUT2D eigenvalue weighted by atomic mass is 32.1. The Morgan fingerprint density at radius 1 is 1.23 bits per heavy atom. The minimum atomic E-state index is -1.83. The molecule has 0 saturated heterocycles. The molecule has 35 heavy (non-hydrogen) atoms. The molecule has 0 unspecified atom stereocenters. The second kappa shape index (κ2) is 8.76. The summed E-state index contributed by atoms with van der Waals surface area (Å²) in [5, 5.41) is 12.3. The van der Waals surface area contributed by atoms with Crippen molar-refractivity contribution in [3.8, 4) is 11.4 Å². The number of hydrogen-bond donors (Lipinski definition) is 2. The second-order valence-electron chi connectivity index (χ2n) is 9.75. The summed E-state index contributed by atoms with van der Waals surface area (Å²) in [7, 11) is 0. The van der Waals surface area contributed by atoms with Crippen molar-refractivity contribution in [2.75, 3.05) is 6.54 Å². The molecule has 0 aliphatic carbocycles. The molecule has 3 aromatic rings. The molecule has 184 valence electrons. The summed E-state index contributed by atoms with van der Waals surface area (Å²) in [5.74, 6) is -0.711. The average Bonchev–Trinajstić information content (AvgIpc) is 3.19. The number of ether oxygens (including phenoxy) is 1. The summed E-state index contributed by atoms with van der Waals surface area (Å²) in [6.45, 7) is 9.22. The molecule has 2 atom stereocenters. The number of carbonyl (C=O) groups is 1. The summed E-state index contributed by atoms with van der Waals surface area (Å²) in [6.07, 6.45) is 0.912. The van der Waals surface area contributed by atoms with Crippen LogP contribution >= 0.6 is 12.6 Å². The molecule has 2 aromatic heterocycles. The van der Waals surface area contributed by atoms with E-state index in [0.717, 1.165) is 35.1 Å². The van der Waals surface area contributed by atoms with Crippen LogP contribution in [0.4, 0.5) is 0 Å². The number of nitrogens with zero attached hydrogens (tertiary/aromatic N) is 3. The fraction of sp³-hybridized carbons (Fsp3) is 0.444. The van der Waals surface area contributed by atoms with E-state index in [2.05, 4.69) is 44.4 Å². The first-order chi connectivity index (χ1) is 16.7. The van der Waals surface area contributed by atoms with E-state index in [1.807, 2.05) is 18.2 Å². The molecule has 4 heterocycles. The first kappa shape index (κ1) is 24.0. The average molecular weight is 494 g/mol. The lowest BCUT2D eigenvalue weighted by Gasteiger charge is -2.31. The zero-order valence-electron chi connectivity index (χ0n) is 20.5. The van der Waals surface area contributed by atoms with Crippen molar-refractivity contribution in [2.24, 2.45) is 0 Å². The van der Waals surface area contributed by atoms with Gasteiger partial charge in [0.1, 0.15) is 6.61 Å². The van der Waals surface area contributed by atoms with Crippen molar-refractivity contribution in [1.82, 2.24) is 14.5 Å². The van der Waals surface area contributed by atoms with Crippen LogP contribution in [0.15, 0.2) is 35.1 Å². The number of cyclic esters (lactones) is 1. The SMILES string of the molecule is CC[C@@]1(O)C(=O)OCc2c1cc1n(c2=O)Cc2c-1nc1ccccc1c2CCN(C(C)C)[C@H](C)S. The van der Waals surface area contributed by atoms with E-state index in [-0.39, 0.29) is 24.0 Å². The number of fused-ring (bicyclic) bond motifs is 5. The van der Waals surface area contributed by atoms with Gasteiger partial charge in [-0.05, 0) is 51.3 Å². The van der Waals surface area contributed by atoms with Gasteiger partial charge in [-0.15, -0.1) is 0 Å². The number of hydrogen-bond acceptors (Lipinski definition) is 7. The van der Waals surface area contributed by atoms with Crippen LogP contribution in [0.1, 0.15) is 56.4 Å². The molecular formula is C27H31N3O4S. The number of aliphatic hydroxyl groups is 1. The second-order valence-corrected chi connectivity index (χ2v) is 10.5. The smallest absolute Gasteiger partial charge is 0.343 e. The standard InChI is InChI=1S/C27H31N3O4S/c1-5-27(33)21-12-23-24-19(13-30(23)25(31)20(21)14-34-26(27)32)17(10-11-29(15(2)3)16(4)35)18-8-6-7-9-22(18)28-24/h6-9,12,15-16,33,35H,5,10-11,13-14H2,1-4H3/t16-,27-/m0/s1. The number of carbonyl (C=O) groups excluding carboxylic acids is 1. The van der Waals surface area contributed by atoms with Gasteiger partial charge < -0.3 is 14.4 Å². The van der Waals surface area contributed by atoms with E-state index in [4.69, 9.17) is 9.72 Å². The summed E-state index contributed by atoms with van der Waals surface area (Å²) in [4.78, 5) is 33.3. The van der Waals surface area contributed by atoms with Crippen LogP contribution in [-0.4, -0.2) is 43.5 Å². The molecule has 0 fully saturated rings. The van der Waals surface area contributed by atoms with Crippen LogP contribution in [0.5, 0.6) is 0 Å². The highest BCUT2D eigenvalue weighted by Gasteiger charge is 2.45. The first-order valence-electron chi connectivity index (χ1n) is 12.2. The van der Waals surface area contributed by atoms with Gasteiger partial charge in [0.25, 0.3) is 5.56 Å². The maximum atomic E-state index is 13.5. The summed E-state index contributed by atoms with van der Waals surface area (Å²) >= 11 is 4.68. The third-order valence-electron chi connectivity index (χ3n) is 7.48. The van der Waals surface area contributed by atoms with E-state index in [1.54, 1.807) is 17.6 Å². The van der Waals surface area contributed by atoms with E-state index in [1.165, 1.54) is 5.56 Å². The lowest BCUT2D eigenvalue weighted by molar-refractivity contribution is -0.172. The Morgan fingerprint density at radius 3 is 2.66 bits per heavy atom. The number of rotatable bonds is 6. The van der Waals surface area contributed by atoms with Gasteiger partial charge in [-0.25, -0.2) is 9.78 Å². The predicted molar refractivity (Wildman–Crippen MR) is 139 cm³/mol. The van der Waals surface area contributed by atoms with Crippen LogP contribution < -0.4 is 5.56 Å². The quantitative estimate of drug-likeness (QED) is 0.243. The summed E-state index contributed by atoms with van der Waals surface area (Å²) in [5.41, 5.74) is 3.04. The number of benzene rings is 1. The highest BCUT2D eigenvalue weighted by Crippen LogP contribution is 2.40. The van der Waals surface area contributed by atoms with Gasteiger partial charge >= 0.3 is 5.97 Å². The number of pyridine rings is 2. The zero-order chi connectivity index (χ0) is 25.1. The van der Waals surface area contributed by atoms with Crippen LogP contribution in [0.3, 0.4) is 0 Å². The molecule has 0 spiro atoms. The van der Waals surface area contributed by atoms with Crippen LogP contribution in [0, 0.1) is 0 Å². The Kier molecular flexibility index (Phi) is 6.02. The molecule has 0 bridgehead atoms. The molecule has 1 aromatic carbocycles. The van der Waals surface area contributed by atoms with Crippen LogP contribution in [-0.2, 0) is 34.7 Å². The number of para-hydroxylation sites is 1. The van der Waals surface area contributed by atoms with E-state index in [0.29, 0.717) is 29.4 Å². The minimum absolute atomic E-state index is 0.118. The van der Waals surface area contributed by atoms with Gasteiger partial charge in [0.05, 0.1) is 34.4 Å². The maximum Gasteiger partial charge on any atom is 0.343 e. The molecule has 0 saturated carbocycles. The Balaban J connectivity index is 1.69. The van der Waals surface area contributed by atoms with Gasteiger partial charge in [-0.2, -0.15) is 12.6 Å². The normalized spacial score (nSPS) is 19.6. The van der Waals surface area contributed by atoms with Gasteiger partial charge in [0, 0.05) is 29.1 Å². The first-order valence-corrected chi connectivity index (χ1v) is 12.7. The number of aromatic nitrogens is 2. The third-order valence-corrected chi connectivity index (χ3v) is 7.77. The third kappa shape index (κ3) is 3.70. The van der Waals surface area contributed by atoms with Crippen molar-refractivity contribution >= 4 is 29.5 Å². The molecule has 5 rings (SSSR count). The van der Waals surface area contributed by atoms with Gasteiger partial charge in [-0.1, -0.05) is 25.1 Å². The summed E-state index contributed by atoms with van der Waals surface area (Å²) < 4.78 is 6.90. The van der Waals surface area contributed by atoms with E-state index < -0.39 is 11.6 Å². The van der Waals surface area contributed by atoms with E-state index in [9.17, 15) is 14.7 Å². The van der Waals surface area contributed by atoms with Crippen molar-refractivity contribution in [1.29, 1.82) is 0 Å². The largest absolute Gasteiger partial charge is 0.458 e. The van der Waals surface area contributed by atoms with Crippen LogP contribution in [0.2, 0.25) is 0 Å². The Labute approximate surface area is 210 Å². The van der Waals surface area contributed by atoms with Gasteiger partial charge in [-0.3, -0.25) is 9.69 Å².